The lowest BCUT2D eigenvalue weighted by Gasteiger charge is -2.22. The number of benzene rings is 1. The molecule has 1 atom stereocenters. The first-order chi connectivity index (χ1) is 21.6. The summed E-state index contributed by atoms with van der Waals surface area (Å²) >= 11 is 0. The molecule has 46 heavy (non-hydrogen) atoms. The Labute approximate surface area is 269 Å². The molecule has 0 fully saturated rings. The normalized spacial score (nSPS) is 12.3. The van der Waals surface area contributed by atoms with E-state index in [0.29, 0.717) is 11.6 Å². The van der Waals surface area contributed by atoms with Crippen molar-refractivity contribution in [2.24, 2.45) is 5.92 Å². The molecule has 12 heteroatoms. The second-order valence-corrected chi connectivity index (χ2v) is 12.6. The van der Waals surface area contributed by atoms with Crippen molar-refractivity contribution in [2.45, 2.75) is 72.1 Å². The number of aromatic nitrogens is 2. The highest BCUT2D eigenvalue weighted by Gasteiger charge is 2.26. The molecular formula is C34H45N5O7. The van der Waals surface area contributed by atoms with Gasteiger partial charge in [0.1, 0.15) is 11.3 Å². The van der Waals surface area contributed by atoms with Gasteiger partial charge in [-0.15, -0.1) is 0 Å². The van der Waals surface area contributed by atoms with Gasteiger partial charge in [-0.05, 0) is 75.8 Å². The van der Waals surface area contributed by atoms with Crippen LogP contribution in [0.25, 0.3) is 10.9 Å². The van der Waals surface area contributed by atoms with Crippen LogP contribution < -0.4 is 16.2 Å². The molecular weight excluding hydrogens is 590 g/mol. The molecule has 0 spiro atoms. The zero-order valence-electron chi connectivity index (χ0n) is 27.9. The Hall–Kier alpha value is -4.87. The standard InChI is InChI=1S/C34H45N5O7/c1-22(2)19-23-13-11-14-24-20-25(39(29(23)24)33(44)46-34(3,4)5)21-38-18-12-15-26(31(38)42)36-30(41)27(45-32(43)35-6)16-9-10-17-28(40)37(7)8/h10-15,17-18,20,22,27H,9,16,19,21H2,1-8H3,(H,35,43)(H,36,41)/b17-10+/t27-/m0/s1. The predicted octanol–water partition coefficient (Wildman–Crippen LogP) is 4.92. The highest BCUT2D eigenvalue weighted by molar-refractivity contribution is 5.95. The predicted molar refractivity (Wildman–Crippen MR) is 177 cm³/mol. The molecule has 0 aliphatic rings. The van der Waals surface area contributed by atoms with Crippen molar-refractivity contribution in [3.63, 3.8) is 0 Å². The van der Waals surface area contributed by atoms with Gasteiger partial charge in [-0.1, -0.05) is 38.1 Å². The molecule has 12 nitrogen and oxygen atoms in total. The largest absolute Gasteiger partial charge is 0.443 e. The molecule has 0 saturated heterocycles. The Bertz CT molecular complexity index is 1660. The number of ether oxygens (including phenoxy) is 2. The second-order valence-electron chi connectivity index (χ2n) is 12.6. The maximum atomic E-state index is 13.6. The fourth-order valence-electron chi connectivity index (χ4n) is 4.78. The van der Waals surface area contributed by atoms with Crippen LogP contribution in [0.15, 0.2) is 59.5 Å². The van der Waals surface area contributed by atoms with Gasteiger partial charge in [0.25, 0.3) is 11.5 Å². The lowest BCUT2D eigenvalue weighted by Crippen LogP contribution is -2.37. The van der Waals surface area contributed by atoms with Gasteiger partial charge in [-0.2, -0.15) is 0 Å². The Morgan fingerprint density at radius 1 is 1.07 bits per heavy atom. The number of amides is 3. The van der Waals surface area contributed by atoms with Gasteiger partial charge >= 0.3 is 12.2 Å². The number of hydrogen-bond acceptors (Lipinski definition) is 7. The van der Waals surface area contributed by atoms with Crippen LogP contribution in [0.3, 0.4) is 0 Å². The van der Waals surface area contributed by atoms with Crippen LogP contribution >= 0.6 is 0 Å². The Kier molecular flexibility index (Phi) is 11.9. The van der Waals surface area contributed by atoms with E-state index >= 15 is 0 Å². The lowest BCUT2D eigenvalue weighted by molar-refractivity contribution is -0.124. The minimum absolute atomic E-state index is 0.0143. The summed E-state index contributed by atoms with van der Waals surface area (Å²) in [6, 6.07) is 10.8. The van der Waals surface area contributed by atoms with E-state index in [4.69, 9.17) is 9.47 Å². The fraction of sp³-hybridized carbons (Fsp3) is 0.441. The van der Waals surface area contributed by atoms with Crippen molar-refractivity contribution in [1.29, 1.82) is 0 Å². The van der Waals surface area contributed by atoms with Crippen LogP contribution in [0.2, 0.25) is 0 Å². The van der Waals surface area contributed by atoms with E-state index in [9.17, 15) is 24.0 Å². The van der Waals surface area contributed by atoms with Crippen LogP contribution in [0.4, 0.5) is 15.3 Å². The van der Waals surface area contributed by atoms with E-state index in [1.54, 1.807) is 53.2 Å². The molecule has 3 rings (SSSR count). The van der Waals surface area contributed by atoms with Crippen molar-refractivity contribution >= 4 is 40.6 Å². The minimum atomic E-state index is -1.24. The number of nitrogens with zero attached hydrogens (tertiary/aromatic N) is 3. The van der Waals surface area contributed by atoms with E-state index in [1.807, 2.05) is 24.3 Å². The molecule has 1 aromatic carbocycles. The van der Waals surface area contributed by atoms with E-state index in [1.165, 1.54) is 33.2 Å². The minimum Gasteiger partial charge on any atom is -0.443 e. The summed E-state index contributed by atoms with van der Waals surface area (Å²) in [4.78, 5) is 65.6. The number of para-hydroxylation sites is 1. The van der Waals surface area contributed by atoms with Crippen molar-refractivity contribution in [3.8, 4) is 0 Å². The number of fused-ring (bicyclic) bond motifs is 1. The summed E-state index contributed by atoms with van der Waals surface area (Å²) < 4.78 is 13.9. The Morgan fingerprint density at radius 2 is 1.78 bits per heavy atom. The Balaban J connectivity index is 1.94. The molecule has 2 N–H and O–H groups in total. The van der Waals surface area contributed by atoms with E-state index < -0.39 is 35.4 Å². The third-order valence-electron chi connectivity index (χ3n) is 6.84. The van der Waals surface area contributed by atoms with Crippen molar-refractivity contribution in [2.75, 3.05) is 26.5 Å². The van der Waals surface area contributed by atoms with Crippen LogP contribution in [-0.2, 0) is 32.0 Å². The number of anilines is 1. The molecule has 0 unspecified atom stereocenters. The quantitative estimate of drug-likeness (QED) is 0.285. The van der Waals surface area contributed by atoms with Gasteiger partial charge in [0.2, 0.25) is 5.91 Å². The topological polar surface area (TPSA) is 141 Å². The zero-order valence-corrected chi connectivity index (χ0v) is 27.9. The lowest BCUT2D eigenvalue weighted by atomic mass is 10.0. The van der Waals surface area contributed by atoms with Crippen LogP contribution in [-0.4, -0.2) is 70.9 Å². The van der Waals surface area contributed by atoms with E-state index in [0.717, 1.165) is 22.9 Å². The van der Waals surface area contributed by atoms with Gasteiger partial charge in [0.05, 0.1) is 17.8 Å². The maximum absolute atomic E-state index is 13.6. The number of likely N-dealkylation sites (N-methyl/N-ethyl adjacent to an activating group) is 1. The van der Waals surface area contributed by atoms with Crippen molar-refractivity contribution < 1.29 is 28.7 Å². The number of allylic oxidation sites excluding steroid dienone is 1. The van der Waals surface area contributed by atoms with Crippen LogP contribution in [0, 0.1) is 5.92 Å². The number of carbonyl (C=O) groups excluding carboxylic acids is 4. The number of rotatable bonds is 11. The van der Waals surface area contributed by atoms with Gasteiger partial charge in [-0.3, -0.25) is 14.4 Å². The van der Waals surface area contributed by atoms with Gasteiger partial charge in [0.15, 0.2) is 6.10 Å². The third kappa shape index (κ3) is 9.56. The van der Waals surface area contributed by atoms with Gasteiger partial charge < -0.3 is 29.6 Å². The van der Waals surface area contributed by atoms with Crippen molar-refractivity contribution in [1.82, 2.24) is 19.4 Å². The smallest absolute Gasteiger partial charge is 0.419 e. The molecule has 3 amide bonds. The first-order valence-corrected chi connectivity index (χ1v) is 15.2. The molecule has 3 aromatic rings. The van der Waals surface area contributed by atoms with E-state index in [-0.39, 0.29) is 31.0 Å². The molecule has 0 radical (unpaired) electrons. The fourth-order valence-corrected chi connectivity index (χ4v) is 4.78. The molecule has 2 heterocycles. The number of nitrogens with one attached hydrogen (secondary N) is 2. The number of hydrogen-bond donors (Lipinski definition) is 2. The number of carbonyl (C=O) groups is 4. The molecule has 0 saturated carbocycles. The average molecular weight is 636 g/mol. The summed E-state index contributed by atoms with van der Waals surface area (Å²) in [5, 5.41) is 5.74. The first-order valence-electron chi connectivity index (χ1n) is 15.2. The SMILES string of the molecule is CNC(=O)O[C@@H](CC/C=C/C(=O)N(C)C)C(=O)Nc1cccn(Cc2cc3cccc(CC(C)C)c3n2C(=O)OC(C)(C)C)c1=O. The number of pyridine rings is 1. The monoisotopic (exact) mass is 635 g/mol. The van der Waals surface area contributed by atoms with Crippen LogP contribution in [0.5, 0.6) is 0 Å². The summed E-state index contributed by atoms with van der Waals surface area (Å²) in [5.41, 5.74) is 0.954. The van der Waals surface area contributed by atoms with Gasteiger partial charge in [0, 0.05) is 32.7 Å². The summed E-state index contributed by atoms with van der Waals surface area (Å²) in [6.45, 7) is 9.61. The Morgan fingerprint density at radius 3 is 2.41 bits per heavy atom. The molecule has 248 valence electrons. The highest BCUT2D eigenvalue weighted by Crippen LogP contribution is 2.27. The highest BCUT2D eigenvalue weighted by atomic mass is 16.6. The summed E-state index contributed by atoms with van der Waals surface area (Å²) in [5.74, 6) is -0.585. The number of alkyl carbamates (subject to hydrolysis) is 1. The maximum Gasteiger partial charge on any atom is 0.419 e. The van der Waals surface area contributed by atoms with Gasteiger partial charge in [-0.25, -0.2) is 14.2 Å². The molecule has 0 bridgehead atoms. The average Bonchev–Trinajstić information content (AvgIpc) is 3.34. The van der Waals surface area contributed by atoms with E-state index in [2.05, 4.69) is 24.5 Å². The first kappa shape index (κ1) is 35.6. The second kappa shape index (κ2) is 15.4. The molecule has 2 aromatic heterocycles. The van der Waals surface area contributed by atoms with Crippen molar-refractivity contribution in [3.05, 3.63) is 76.4 Å². The zero-order chi connectivity index (χ0) is 34.2. The summed E-state index contributed by atoms with van der Waals surface area (Å²) in [7, 11) is 4.60. The summed E-state index contributed by atoms with van der Waals surface area (Å²) in [6.07, 6.45) is 3.00. The molecule has 0 aliphatic carbocycles. The molecule has 0 aliphatic heterocycles. The third-order valence-corrected chi connectivity index (χ3v) is 6.84. The van der Waals surface area contributed by atoms with Crippen LogP contribution in [0.1, 0.15) is 58.7 Å².